The molecule has 1 N–H and O–H groups in total. The van der Waals surface area contributed by atoms with Gasteiger partial charge in [-0.25, -0.2) is 12.8 Å². The number of nitrogens with zero attached hydrogens (tertiary/aromatic N) is 1. The molecule has 0 radical (unpaired) electrons. The molecule has 1 aliphatic heterocycles. The third-order valence-electron chi connectivity index (χ3n) is 7.32. The maximum atomic E-state index is 13.3. The van der Waals surface area contributed by atoms with Gasteiger partial charge in [0.05, 0.1) is 4.90 Å². The van der Waals surface area contributed by atoms with Crippen LogP contribution >= 0.6 is 0 Å². The SMILES string of the molecule is CS(=O)(=O)c1ccc2c(c1)CCN(CCC1CCC(NC(=O)/C=C/c3cccc(F)c3)CC1)CC2. The normalized spacial score (nSPS) is 21.4. The molecular formula is C28H35FN2O3S. The van der Waals surface area contributed by atoms with Crippen LogP contribution in [0.4, 0.5) is 4.39 Å². The van der Waals surface area contributed by atoms with Gasteiger partial charge < -0.3 is 10.2 Å². The van der Waals surface area contributed by atoms with Crippen LogP contribution in [0.25, 0.3) is 6.08 Å². The predicted molar refractivity (Wildman–Crippen MR) is 137 cm³/mol. The summed E-state index contributed by atoms with van der Waals surface area (Å²) in [6.45, 7) is 3.03. The molecule has 0 bridgehead atoms. The Labute approximate surface area is 208 Å². The van der Waals surface area contributed by atoms with Gasteiger partial charge in [0.25, 0.3) is 0 Å². The molecule has 1 aliphatic carbocycles. The van der Waals surface area contributed by atoms with Crippen molar-refractivity contribution in [2.24, 2.45) is 5.92 Å². The summed E-state index contributed by atoms with van der Waals surface area (Å²) in [5.74, 6) is 0.242. The second-order valence-corrected chi connectivity index (χ2v) is 12.0. The highest BCUT2D eigenvalue weighted by molar-refractivity contribution is 7.90. The fourth-order valence-corrected chi connectivity index (χ4v) is 5.87. The molecule has 1 saturated carbocycles. The maximum Gasteiger partial charge on any atom is 0.244 e. The fourth-order valence-electron chi connectivity index (χ4n) is 5.19. The second kappa shape index (κ2) is 11.5. The predicted octanol–water partition coefficient (Wildman–Crippen LogP) is 4.41. The first-order valence-corrected chi connectivity index (χ1v) is 14.4. The van der Waals surface area contributed by atoms with Crippen molar-refractivity contribution in [3.63, 3.8) is 0 Å². The Bertz CT molecular complexity index is 1170. The molecule has 2 aliphatic rings. The molecule has 4 rings (SSSR count). The molecule has 0 saturated heterocycles. The molecule has 7 heteroatoms. The first-order valence-electron chi connectivity index (χ1n) is 12.5. The lowest BCUT2D eigenvalue weighted by atomic mass is 9.84. The number of rotatable bonds is 7. The van der Waals surface area contributed by atoms with E-state index in [-0.39, 0.29) is 17.8 Å². The van der Waals surface area contributed by atoms with E-state index in [2.05, 4.69) is 10.2 Å². The molecule has 0 unspecified atom stereocenters. The Morgan fingerprint density at radius 2 is 1.80 bits per heavy atom. The van der Waals surface area contributed by atoms with E-state index in [1.165, 1.54) is 30.0 Å². The van der Waals surface area contributed by atoms with Gasteiger partial charge >= 0.3 is 0 Å². The number of benzene rings is 2. The molecule has 2 aromatic rings. The summed E-state index contributed by atoms with van der Waals surface area (Å²) in [5.41, 5.74) is 3.11. The van der Waals surface area contributed by atoms with Crippen LogP contribution in [0, 0.1) is 11.7 Å². The Balaban J connectivity index is 1.18. The fraction of sp³-hybridized carbons (Fsp3) is 0.464. The molecule has 1 heterocycles. The van der Waals surface area contributed by atoms with Crippen LogP contribution < -0.4 is 5.32 Å². The zero-order chi connectivity index (χ0) is 24.8. The highest BCUT2D eigenvalue weighted by atomic mass is 32.2. The summed E-state index contributed by atoms with van der Waals surface area (Å²) in [7, 11) is -3.17. The number of hydrogen-bond acceptors (Lipinski definition) is 4. The minimum absolute atomic E-state index is 0.124. The topological polar surface area (TPSA) is 66.5 Å². The Morgan fingerprint density at radius 3 is 2.51 bits per heavy atom. The van der Waals surface area contributed by atoms with Crippen LogP contribution in [-0.2, 0) is 27.5 Å². The molecule has 188 valence electrons. The third-order valence-corrected chi connectivity index (χ3v) is 8.43. The van der Waals surface area contributed by atoms with Gasteiger partial charge in [0.1, 0.15) is 5.82 Å². The van der Waals surface area contributed by atoms with E-state index in [0.717, 1.165) is 70.1 Å². The Hall–Kier alpha value is -2.51. The second-order valence-electron chi connectivity index (χ2n) is 9.95. The number of sulfone groups is 1. The maximum absolute atomic E-state index is 13.3. The van der Waals surface area contributed by atoms with Crippen LogP contribution in [0.5, 0.6) is 0 Å². The van der Waals surface area contributed by atoms with E-state index in [9.17, 15) is 17.6 Å². The van der Waals surface area contributed by atoms with Crippen molar-refractivity contribution in [1.29, 1.82) is 0 Å². The summed E-state index contributed by atoms with van der Waals surface area (Å²) >= 11 is 0. The largest absolute Gasteiger partial charge is 0.350 e. The zero-order valence-corrected chi connectivity index (χ0v) is 21.2. The van der Waals surface area contributed by atoms with E-state index in [1.54, 1.807) is 24.3 Å². The van der Waals surface area contributed by atoms with Gasteiger partial charge in [-0.3, -0.25) is 4.79 Å². The van der Waals surface area contributed by atoms with Crippen molar-refractivity contribution in [2.45, 2.75) is 55.9 Å². The van der Waals surface area contributed by atoms with Gasteiger partial charge in [0.15, 0.2) is 9.84 Å². The Morgan fingerprint density at radius 1 is 1.06 bits per heavy atom. The summed E-state index contributed by atoms with van der Waals surface area (Å²) in [4.78, 5) is 15.2. The van der Waals surface area contributed by atoms with E-state index < -0.39 is 9.84 Å². The number of fused-ring (bicyclic) bond motifs is 1. The van der Waals surface area contributed by atoms with Crippen molar-refractivity contribution in [1.82, 2.24) is 10.2 Å². The molecule has 5 nitrogen and oxygen atoms in total. The molecular weight excluding hydrogens is 463 g/mol. The van der Waals surface area contributed by atoms with Gasteiger partial charge in [-0.15, -0.1) is 0 Å². The quantitative estimate of drug-likeness (QED) is 0.575. The summed E-state index contributed by atoms with van der Waals surface area (Å²) in [6, 6.07) is 12.0. The van der Waals surface area contributed by atoms with Gasteiger partial charge in [-0.05, 0) is 104 Å². The lowest BCUT2D eigenvalue weighted by Crippen LogP contribution is -2.37. The van der Waals surface area contributed by atoms with Crippen molar-refractivity contribution >= 4 is 21.8 Å². The minimum Gasteiger partial charge on any atom is -0.350 e. The van der Waals surface area contributed by atoms with E-state index in [1.807, 2.05) is 12.1 Å². The van der Waals surface area contributed by atoms with Crippen LogP contribution in [0.1, 0.15) is 48.8 Å². The smallest absolute Gasteiger partial charge is 0.244 e. The van der Waals surface area contributed by atoms with Crippen molar-refractivity contribution in [2.75, 3.05) is 25.9 Å². The number of halogens is 1. The average molecular weight is 499 g/mol. The van der Waals surface area contributed by atoms with E-state index in [0.29, 0.717) is 16.4 Å². The monoisotopic (exact) mass is 498 g/mol. The molecule has 1 fully saturated rings. The van der Waals surface area contributed by atoms with E-state index in [4.69, 9.17) is 0 Å². The number of carbonyl (C=O) groups is 1. The van der Waals surface area contributed by atoms with Gasteiger partial charge in [0, 0.05) is 31.5 Å². The highest BCUT2D eigenvalue weighted by Crippen LogP contribution is 2.28. The first kappa shape index (κ1) is 25.6. The molecule has 2 aromatic carbocycles. The highest BCUT2D eigenvalue weighted by Gasteiger charge is 2.23. The number of nitrogens with one attached hydrogen (secondary N) is 1. The van der Waals surface area contributed by atoms with Crippen molar-refractivity contribution in [3.05, 3.63) is 71.0 Å². The molecule has 0 spiro atoms. The van der Waals surface area contributed by atoms with Crippen LogP contribution in [0.3, 0.4) is 0 Å². The van der Waals surface area contributed by atoms with Crippen LogP contribution in [0.2, 0.25) is 0 Å². The van der Waals surface area contributed by atoms with Crippen LogP contribution in [0.15, 0.2) is 53.4 Å². The molecule has 1 amide bonds. The average Bonchev–Trinajstić information content (AvgIpc) is 3.04. The molecule has 0 atom stereocenters. The standard InChI is InChI=1S/C28H35FN2O3S/c1-35(33,34)27-11-8-23-14-17-31(18-15-24(23)20-27)16-13-21-5-9-26(10-6-21)30-28(32)12-7-22-3-2-4-25(29)19-22/h2-4,7-8,11-12,19-21,26H,5-6,9-10,13-18H2,1H3,(H,30,32)/b12-7+. The Kier molecular flexibility index (Phi) is 8.39. The lowest BCUT2D eigenvalue weighted by molar-refractivity contribution is -0.117. The third kappa shape index (κ3) is 7.48. The number of carbonyl (C=O) groups excluding carboxylic acids is 1. The van der Waals surface area contributed by atoms with Crippen molar-refractivity contribution in [3.8, 4) is 0 Å². The summed E-state index contributed by atoms with van der Waals surface area (Å²) < 4.78 is 37.0. The lowest BCUT2D eigenvalue weighted by Gasteiger charge is -2.30. The van der Waals surface area contributed by atoms with Crippen molar-refractivity contribution < 1.29 is 17.6 Å². The van der Waals surface area contributed by atoms with Crippen LogP contribution in [-0.4, -0.2) is 51.2 Å². The summed E-state index contributed by atoms with van der Waals surface area (Å²) in [5, 5.41) is 3.09. The summed E-state index contributed by atoms with van der Waals surface area (Å²) in [6.07, 6.45) is 11.6. The van der Waals surface area contributed by atoms with Gasteiger partial charge in [-0.2, -0.15) is 0 Å². The van der Waals surface area contributed by atoms with Gasteiger partial charge in [0.2, 0.25) is 5.91 Å². The zero-order valence-electron chi connectivity index (χ0n) is 20.4. The number of amides is 1. The minimum atomic E-state index is -3.17. The van der Waals surface area contributed by atoms with E-state index >= 15 is 0 Å². The molecule has 35 heavy (non-hydrogen) atoms. The first-order chi connectivity index (χ1) is 16.8. The van der Waals surface area contributed by atoms with Gasteiger partial charge in [-0.1, -0.05) is 18.2 Å². The number of hydrogen-bond donors (Lipinski definition) is 1. The molecule has 0 aromatic heterocycles.